The Labute approximate surface area is 221 Å². The number of fused-ring (bicyclic) bond motifs is 1. The Morgan fingerprint density at radius 3 is 2.63 bits per heavy atom. The first-order valence-electron chi connectivity index (χ1n) is 10.8. The van der Waals surface area contributed by atoms with Crippen molar-refractivity contribution in [1.82, 2.24) is 0 Å². The van der Waals surface area contributed by atoms with Gasteiger partial charge < -0.3 is 14.2 Å². The van der Waals surface area contributed by atoms with E-state index in [1.807, 2.05) is 72.8 Å². The van der Waals surface area contributed by atoms with E-state index in [-0.39, 0.29) is 5.70 Å². The summed E-state index contributed by atoms with van der Waals surface area (Å²) >= 11 is 8.43. The number of hydrogen-bond acceptors (Lipinski definition) is 5. The zero-order valence-electron chi connectivity index (χ0n) is 18.6. The molecule has 0 aromatic heterocycles. The molecule has 0 radical (unpaired) electrons. The Kier molecular flexibility index (Phi) is 6.74. The molecule has 7 heteroatoms. The van der Waals surface area contributed by atoms with Crippen LogP contribution in [0.25, 0.3) is 16.8 Å². The van der Waals surface area contributed by atoms with Gasteiger partial charge in [-0.1, -0.05) is 66.2 Å². The summed E-state index contributed by atoms with van der Waals surface area (Å²) in [7, 11) is 1.57. The molecule has 0 amide bonds. The molecule has 0 saturated carbocycles. The third-order valence-electron chi connectivity index (χ3n) is 5.53. The van der Waals surface area contributed by atoms with Gasteiger partial charge in [0.2, 0.25) is 5.90 Å². The van der Waals surface area contributed by atoms with E-state index in [2.05, 4.69) is 27.6 Å². The van der Waals surface area contributed by atoms with Gasteiger partial charge in [0, 0.05) is 16.1 Å². The van der Waals surface area contributed by atoms with Crippen LogP contribution in [0, 0.1) is 3.57 Å². The van der Waals surface area contributed by atoms with Crippen molar-refractivity contribution >= 4 is 62.9 Å². The number of hydrogen-bond donors (Lipinski definition) is 0. The fourth-order valence-corrected chi connectivity index (χ4v) is 4.79. The Morgan fingerprint density at radius 1 is 1.03 bits per heavy atom. The van der Waals surface area contributed by atoms with Crippen LogP contribution in [0.3, 0.4) is 0 Å². The number of methoxy groups -OCH3 is 1. The summed E-state index contributed by atoms with van der Waals surface area (Å²) in [5.74, 6) is 0.935. The third-order valence-corrected chi connectivity index (χ3v) is 6.70. The van der Waals surface area contributed by atoms with E-state index < -0.39 is 5.97 Å². The molecule has 0 aliphatic carbocycles. The number of nitrogens with zero attached hydrogens (tertiary/aromatic N) is 1. The molecular formula is C28H19ClINO4. The molecule has 0 atom stereocenters. The number of ether oxygens (including phenoxy) is 3. The molecule has 174 valence electrons. The Bertz CT molecular complexity index is 1510. The predicted molar refractivity (Wildman–Crippen MR) is 146 cm³/mol. The van der Waals surface area contributed by atoms with E-state index in [0.717, 1.165) is 31.0 Å². The molecule has 4 aromatic carbocycles. The average molecular weight is 596 g/mol. The van der Waals surface area contributed by atoms with Gasteiger partial charge in [-0.2, -0.15) is 0 Å². The topological polar surface area (TPSA) is 57.1 Å². The number of halogens is 2. The van der Waals surface area contributed by atoms with E-state index in [1.54, 1.807) is 19.3 Å². The molecule has 0 bridgehead atoms. The second-order valence-electron chi connectivity index (χ2n) is 7.78. The Morgan fingerprint density at radius 2 is 1.80 bits per heavy atom. The first-order valence-corrected chi connectivity index (χ1v) is 12.2. The minimum absolute atomic E-state index is 0.218. The quantitative estimate of drug-likeness (QED) is 0.136. The number of esters is 1. The van der Waals surface area contributed by atoms with Crippen LogP contribution < -0.4 is 9.47 Å². The zero-order chi connectivity index (χ0) is 24.4. The van der Waals surface area contributed by atoms with Crippen molar-refractivity contribution in [3.63, 3.8) is 0 Å². The molecule has 1 heterocycles. The fourth-order valence-electron chi connectivity index (χ4n) is 3.82. The van der Waals surface area contributed by atoms with Gasteiger partial charge in [-0.15, -0.1) is 0 Å². The van der Waals surface area contributed by atoms with Gasteiger partial charge in [0.1, 0.15) is 6.61 Å². The number of benzene rings is 4. The molecule has 0 unspecified atom stereocenters. The fraction of sp³-hybridized carbons (Fsp3) is 0.0714. The molecule has 0 spiro atoms. The van der Waals surface area contributed by atoms with Crippen LogP contribution in [0.4, 0.5) is 0 Å². The summed E-state index contributed by atoms with van der Waals surface area (Å²) in [4.78, 5) is 17.1. The largest absolute Gasteiger partial charge is 0.493 e. The van der Waals surface area contributed by atoms with Gasteiger partial charge >= 0.3 is 5.97 Å². The molecule has 0 fully saturated rings. The lowest BCUT2D eigenvalue weighted by atomic mass is 10.0. The van der Waals surface area contributed by atoms with Gasteiger partial charge in [0.05, 0.1) is 10.7 Å². The zero-order valence-corrected chi connectivity index (χ0v) is 21.5. The van der Waals surface area contributed by atoms with E-state index in [9.17, 15) is 4.79 Å². The van der Waals surface area contributed by atoms with Gasteiger partial charge in [0.25, 0.3) is 0 Å². The number of aliphatic imine (C=N–C) groups is 1. The minimum Gasteiger partial charge on any atom is -0.493 e. The van der Waals surface area contributed by atoms with Gasteiger partial charge in [-0.3, -0.25) is 0 Å². The SMILES string of the molecule is COc1cc(/C=C2\N=C(c3cccc4ccccc34)OC2=O)cc(I)c1OCc1ccccc1Cl. The predicted octanol–water partition coefficient (Wildman–Crippen LogP) is 7.03. The van der Waals surface area contributed by atoms with E-state index in [1.165, 1.54) is 0 Å². The van der Waals surface area contributed by atoms with Crippen LogP contribution in [-0.4, -0.2) is 19.0 Å². The van der Waals surface area contributed by atoms with E-state index >= 15 is 0 Å². The lowest BCUT2D eigenvalue weighted by Gasteiger charge is -2.14. The molecule has 35 heavy (non-hydrogen) atoms. The average Bonchev–Trinajstić information content (AvgIpc) is 3.23. The van der Waals surface area contributed by atoms with E-state index in [0.29, 0.717) is 29.0 Å². The number of carbonyl (C=O) groups excluding carboxylic acids is 1. The van der Waals surface area contributed by atoms with Crippen LogP contribution in [0.2, 0.25) is 5.02 Å². The highest BCUT2D eigenvalue weighted by atomic mass is 127. The van der Waals surface area contributed by atoms with Crippen molar-refractivity contribution in [3.05, 3.63) is 110 Å². The van der Waals surface area contributed by atoms with Crippen LogP contribution >= 0.6 is 34.2 Å². The molecule has 0 N–H and O–H groups in total. The maximum atomic E-state index is 12.6. The smallest absolute Gasteiger partial charge is 0.363 e. The summed E-state index contributed by atoms with van der Waals surface area (Å²) in [6.07, 6.45) is 1.68. The summed E-state index contributed by atoms with van der Waals surface area (Å²) in [6, 6.07) is 25.0. The van der Waals surface area contributed by atoms with Crippen LogP contribution in [0.15, 0.2) is 89.6 Å². The Balaban J connectivity index is 1.45. The Hall–Kier alpha value is -3.36. The molecule has 1 aliphatic heterocycles. The normalized spacial score (nSPS) is 14.2. The van der Waals surface area contributed by atoms with Crippen molar-refractivity contribution < 1.29 is 19.0 Å². The highest BCUT2D eigenvalue weighted by molar-refractivity contribution is 14.1. The second-order valence-corrected chi connectivity index (χ2v) is 9.35. The van der Waals surface area contributed by atoms with Gasteiger partial charge in [0.15, 0.2) is 17.2 Å². The van der Waals surface area contributed by atoms with Gasteiger partial charge in [-0.05, 0) is 69.3 Å². The molecule has 1 aliphatic rings. The summed E-state index contributed by atoms with van der Waals surface area (Å²) < 4.78 is 17.9. The van der Waals surface area contributed by atoms with Crippen molar-refractivity contribution in [2.24, 2.45) is 4.99 Å². The highest BCUT2D eigenvalue weighted by Crippen LogP contribution is 2.36. The molecular weight excluding hydrogens is 577 g/mol. The maximum absolute atomic E-state index is 12.6. The lowest BCUT2D eigenvalue weighted by molar-refractivity contribution is -0.129. The number of carbonyl (C=O) groups is 1. The minimum atomic E-state index is -0.499. The van der Waals surface area contributed by atoms with E-state index in [4.69, 9.17) is 25.8 Å². The summed E-state index contributed by atoms with van der Waals surface area (Å²) in [6.45, 7) is 0.303. The maximum Gasteiger partial charge on any atom is 0.363 e. The van der Waals surface area contributed by atoms with Crippen molar-refractivity contribution in [2.45, 2.75) is 6.61 Å². The van der Waals surface area contributed by atoms with Crippen molar-refractivity contribution in [1.29, 1.82) is 0 Å². The van der Waals surface area contributed by atoms with Crippen molar-refractivity contribution in [3.8, 4) is 11.5 Å². The monoisotopic (exact) mass is 595 g/mol. The summed E-state index contributed by atoms with van der Waals surface area (Å²) in [5.41, 5.74) is 2.61. The standard InChI is InChI=1S/C28H19ClINO4/c1-33-25-15-17(13-23(30)26(25)34-16-19-8-3-5-12-22(19)29)14-24-28(32)35-27(31-24)21-11-6-9-18-7-2-4-10-20(18)21/h2-15H,16H2,1H3/b24-14-. The first kappa shape index (κ1) is 23.4. The lowest BCUT2D eigenvalue weighted by Crippen LogP contribution is -2.06. The number of cyclic esters (lactones) is 1. The molecule has 5 rings (SSSR count). The van der Waals surface area contributed by atoms with Gasteiger partial charge in [-0.25, -0.2) is 9.79 Å². The summed E-state index contributed by atoms with van der Waals surface area (Å²) in [5, 5.41) is 2.66. The third kappa shape index (κ3) is 4.90. The van der Waals surface area contributed by atoms with Crippen LogP contribution in [0.5, 0.6) is 11.5 Å². The second kappa shape index (κ2) is 10.1. The molecule has 5 nitrogen and oxygen atoms in total. The van der Waals surface area contributed by atoms with Crippen LogP contribution in [-0.2, 0) is 16.1 Å². The van der Waals surface area contributed by atoms with Crippen LogP contribution in [0.1, 0.15) is 16.7 Å². The highest BCUT2D eigenvalue weighted by Gasteiger charge is 2.25. The molecule has 0 saturated heterocycles. The first-order chi connectivity index (χ1) is 17.0. The number of rotatable bonds is 6. The van der Waals surface area contributed by atoms with Crippen molar-refractivity contribution in [2.75, 3.05) is 7.11 Å². The molecule has 4 aromatic rings.